The number of hydrogen-bond donors (Lipinski definition) is 1. The zero-order valence-electron chi connectivity index (χ0n) is 10.6. The Kier molecular flexibility index (Phi) is 4.94. The van der Waals surface area contributed by atoms with Crippen LogP contribution in [-0.2, 0) is 11.3 Å². The van der Waals surface area contributed by atoms with Gasteiger partial charge < -0.3 is 10.1 Å². The monoisotopic (exact) mass is 284 g/mol. The smallest absolute Gasteiger partial charge is 0.261 e. The molecule has 0 aliphatic rings. The first-order chi connectivity index (χ1) is 9.78. The fraction of sp³-hybridized carbons (Fsp3) is 0.0714. The second kappa shape index (κ2) is 7.13. The van der Waals surface area contributed by atoms with E-state index in [0.29, 0.717) is 17.5 Å². The molecule has 0 atom stereocenters. The van der Waals surface area contributed by atoms with Crippen LogP contribution in [0.3, 0.4) is 0 Å². The van der Waals surface area contributed by atoms with Crippen LogP contribution in [-0.4, -0.2) is 5.17 Å². The van der Waals surface area contributed by atoms with Crippen molar-refractivity contribution in [3.63, 3.8) is 0 Å². The Hall–Kier alpha value is -2.56. The molecular formula is C14H12N4OS. The predicted molar refractivity (Wildman–Crippen MR) is 82.7 cm³/mol. The van der Waals surface area contributed by atoms with Crippen LogP contribution in [0.2, 0.25) is 0 Å². The minimum Gasteiger partial charge on any atom is -0.466 e. The SMILES string of the molecule is [N-]=[N+]=Nc1ccc(COC(=S)Nc2ccccc2)cc1. The van der Waals surface area contributed by atoms with Crippen LogP contribution in [0.25, 0.3) is 10.4 Å². The molecule has 0 saturated heterocycles. The third-order valence-corrected chi connectivity index (χ3v) is 2.71. The maximum atomic E-state index is 8.31. The molecular weight excluding hydrogens is 272 g/mol. The highest BCUT2D eigenvalue weighted by atomic mass is 32.1. The molecule has 2 rings (SSSR count). The molecule has 0 fully saturated rings. The maximum absolute atomic E-state index is 8.31. The van der Waals surface area contributed by atoms with Crippen LogP contribution in [0.4, 0.5) is 11.4 Å². The van der Waals surface area contributed by atoms with Gasteiger partial charge in [-0.1, -0.05) is 47.6 Å². The van der Waals surface area contributed by atoms with E-state index in [4.69, 9.17) is 22.5 Å². The second-order valence-electron chi connectivity index (χ2n) is 3.92. The summed E-state index contributed by atoms with van der Waals surface area (Å²) >= 11 is 5.10. The number of thiocarbonyl (C=S) groups is 1. The van der Waals surface area contributed by atoms with Gasteiger partial charge in [-0.15, -0.1) is 0 Å². The summed E-state index contributed by atoms with van der Waals surface area (Å²) in [5.41, 5.74) is 10.7. The first-order valence-corrected chi connectivity index (χ1v) is 6.31. The molecule has 0 heterocycles. The van der Waals surface area contributed by atoms with Gasteiger partial charge in [0.2, 0.25) is 0 Å². The Morgan fingerprint density at radius 2 is 1.85 bits per heavy atom. The summed E-state index contributed by atoms with van der Waals surface area (Å²) in [6, 6.07) is 16.7. The van der Waals surface area contributed by atoms with Gasteiger partial charge in [0.1, 0.15) is 6.61 Å². The highest BCUT2D eigenvalue weighted by Gasteiger charge is 1.99. The number of nitrogens with one attached hydrogen (secondary N) is 1. The lowest BCUT2D eigenvalue weighted by Crippen LogP contribution is -2.12. The molecule has 0 aromatic heterocycles. The fourth-order valence-electron chi connectivity index (χ4n) is 1.53. The lowest BCUT2D eigenvalue weighted by molar-refractivity contribution is 0.300. The number of nitrogens with zero attached hydrogens (tertiary/aromatic N) is 3. The Bertz CT molecular complexity index is 621. The lowest BCUT2D eigenvalue weighted by atomic mass is 10.2. The quantitative estimate of drug-likeness (QED) is 0.388. The third kappa shape index (κ3) is 4.28. The molecule has 0 unspecified atom stereocenters. The van der Waals surface area contributed by atoms with E-state index < -0.39 is 0 Å². The first kappa shape index (κ1) is 13.9. The minimum atomic E-state index is 0.315. The van der Waals surface area contributed by atoms with Crippen molar-refractivity contribution in [2.75, 3.05) is 5.32 Å². The molecule has 0 spiro atoms. The molecule has 0 aliphatic carbocycles. The molecule has 0 bridgehead atoms. The van der Waals surface area contributed by atoms with Crippen LogP contribution >= 0.6 is 12.2 Å². The normalized spacial score (nSPS) is 9.40. The van der Waals surface area contributed by atoms with Crippen LogP contribution < -0.4 is 5.32 Å². The molecule has 5 nitrogen and oxygen atoms in total. The highest BCUT2D eigenvalue weighted by Crippen LogP contribution is 2.14. The molecule has 100 valence electrons. The number of ether oxygens (including phenoxy) is 1. The molecule has 1 N–H and O–H groups in total. The summed E-state index contributed by atoms with van der Waals surface area (Å²) < 4.78 is 5.45. The van der Waals surface area contributed by atoms with Crippen LogP contribution in [0.15, 0.2) is 59.7 Å². The average molecular weight is 284 g/mol. The van der Waals surface area contributed by atoms with Crippen molar-refractivity contribution >= 4 is 28.8 Å². The van der Waals surface area contributed by atoms with Gasteiger partial charge in [-0.3, -0.25) is 0 Å². The van der Waals surface area contributed by atoms with Gasteiger partial charge in [-0.2, -0.15) is 0 Å². The average Bonchev–Trinajstić information content (AvgIpc) is 2.48. The van der Waals surface area contributed by atoms with E-state index in [1.807, 2.05) is 42.5 Å². The number of hydrogen-bond acceptors (Lipinski definition) is 3. The van der Waals surface area contributed by atoms with Crippen molar-refractivity contribution in [1.82, 2.24) is 0 Å². The van der Waals surface area contributed by atoms with Gasteiger partial charge in [-0.05, 0) is 35.4 Å². The standard InChI is InChI=1S/C14H12N4OS/c15-18-17-13-8-6-11(7-9-13)10-19-14(20)16-12-4-2-1-3-5-12/h1-9H,10H2,(H,16,20). The molecule has 2 aromatic carbocycles. The number of para-hydroxylation sites is 1. The van der Waals surface area contributed by atoms with Crippen molar-refractivity contribution in [2.24, 2.45) is 5.11 Å². The number of rotatable bonds is 4. The molecule has 20 heavy (non-hydrogen) atoms. The Morgan fingerprint density at radius 3 is 2.50 bits per heavy atom. The Balaban J connectivity index is 1.85. The molecule has 0 saturated carbocycles. The number of anilines is 1. The summed E-state index contributed by atoms with van der Waals surface area (Å²) in [5.74, 6) is 0. The van der Waals surface area contributed by atoms with E-state index >= 15 is 0 Å². The van der Waals surface area contributed by atoms with Gasteiger partial charge in [0.05, 0.1) is 0 Å². The van der Waals surface area contributed by atoms with Crippen molar-refractivity contribution in [3.05, 3.63) is 70.6 Å². The van der Waals surface area contributed by atoms with Crippen LogP contribution in [0.1, 0.15) is 5.56 Å². The largest absolute Gasteiger partial charge is 0.466 e. The zero-order chi connectivity index (χ0) is 14.2. The molecule has 2 aromatic rings. The molecule has 0 amide bonds. The van der Waals surface area contributed by atoms with Gasteiger partial charge in [0.25, 0.3) is 5.17 Å². The third-order valence-electron chi connectivity index (χ3n) is 2.49. The van der Waals surface area contributed by atoms with E-state index in [9.17, 15) is 0 Å². The molecule has 0 radical (unpaired) electrons. The van der Waals surface area contributed by atoms with Gasteiger partial charge in [0.15, 0.2) is 0 Å². The van der Waals surface area contributed by atoms with Crippen molar-refractivity contribution in [1.29, 1.82) is 0 Å². The van der Waals surface area contributed by atoms with Crippen molar-refractivity contribution in [2.45, 2.75) is 6.61 Å². The minimum absolute atomic E-state index is 0.315. The summed E-state index contributed by atoms with van der Waals surface area (Å²) in [6.07, 6.45) is 0. The summed E-state index contributed by atoms with van der Waals surface area (Å²) in [4.78, 5) is 2.72. The summed E-state index contributed by atoms with van der Waals surface area (Å²) in [5, 5.41) is 6.80. The Labute approximate surface area is 121 Å². The summed E-state index contributed by atoms with van der Waals surface area (Å²) in [7, 11) is 0. The fourth-order valence-corrected chi connectivity index (χ4v) is 1.71. The van der Waals surface area contributed by atoms with Gasteiger partial charge in [0, 0.05) is 16.3 Å². The topological polar surface area (TPSA) is 70.0 Å². The van der Waals surface area contributed by atoms with Gasteiger partial charge >= 0.3 is 0 Å². The Morgan fingerprint density at radius 1 is 1.15 bits per heavy atom. The molecule has 6 heteroatoms. The van der Waals surface area contributed by atoms with Crippen LogP contribution in [0.5, 0.6) is 0 Å². The van der Waals surface area contributed by atoms with E-state index in [1.165, 1.54) is 0 Å². The second-order valence-corrected chi connectivity index (χ2v) is 4.29. The van der Waals surface area contributed by atoms with E-state index in [2.05, 4.69) is 15.3 Å². The zero-order valence-corrected chi connectivity index (χ0v) is 11.4. The van der Waals surface area contributed by atoms with Gasteiger partial charge in [-0.25, -0.2) is 0 Å². The molecule has 0 aliphatic heterocycles. The van der Waals surface area contributed by atoms with E-state index in [1.54, 1.807) is 12.1 Å². The van der Waals surface area contributed by atoms with Crippen molar-refractivity contribution in [3.8, 4) is 0 Å². The lowest BCUT2D eigenvalue weighted by Gasteiger charge is -2.09. The maximum Gasteiger partial charge on any atom is 0.261 e. The number of benzene rings is 2. The first-order valence-electron chi connectivity index (χ1n) is 5.91. The highest BCUT2D eigenvalue weighted by molar-refractivity contribution is 7.80. The number of azide groups is 1. The predicted octanol–water partition coefficient (Wildman–Crippen LogP) is 4.54. The van der Waals surface area contributed by atoms with Crippen molar-refractivity contribution < 1.29 is 4.74 Å². The van der Waals surface area contributed by atoms with E-state index in [0.717, 1.165) is 11.3 Å². The van der Waals surface area contributed by atoms with E-state index in [-0.39, 0.29) is 0 Å². The van der Waals surface area contributed by atoms with Crippen LogP contribution in [0, 0.1) is 0 Å². The summed E-state index contributed by atoms with van der Waals surface area (Å²) in [6.45, 7) is 0.356.